The molecule has 0 radical (unpaired) electrons. The molecule has 0 N–H and O–H groups in total. The molecule has 2 rings (SSSR count). The first-order valence-electron chi connectivity index (χ1n) is 7.67. The quantitative estimate of drug-likeness (QED) is 0.784. The van der Waals surface area contributed by atoms with Gasteiger partial charge in [-0.15, -0.1) is 0 Å². The Morgan fingerprint density at radius 3 is 2.17 bits per heavy atom. The van der Waals surface area contributed by atoms with Gasteiger partial charge < -0.3 is 14.0 Å². The van der Waals surface area contributed by atoms with Gasteiger partial charge >= 0.3 is 6.09 Å². The van der Waals surface area contributed by atoms with Gasteiger partial charge in [0.25, 0.3) is 0 Å². The van der Waals surface area contributed by atoms with Crippen LogP contribution < -0.4 is 14.5 Å². The van der Waals surface area contributed by atoms with Crippen LogP contribution in [0.1, 0.15) is 6.92 Å². The standard InChI is InChI=1S/C18H23NO3Si/c1-5-22-18(20)19(15-9-7-6-8-10-15)23(3,4)17-13-11-16(21-2)12-14-17/h6-14H,5H2,1-4H3. The average Bonchev–Trinajstić information content (AvgIpc) is 2.56. The SMILES string of the molecule is CCOC(=O)N(c1ccccc1)[Si](C)(C)c1ccc(OC)cc1. The summed E-state index contributed by atoms with van der Waals surface area (Å²) in [6.45, 7) is 6.45. The molecule has 23 heavy (non-hydrogen) atoms. The molecule has 2 aromatic carbocycles. The summed E-state index contributed by atoms with van der Waals surface area (Å²) in [5, 5.41) is 1.13. The lowest BCUT2D eigenvalue weighted by Crippen LogP contribution is -2.60. The van der Waals surface area contributed by atoms with E-state index in [9.17, 15) is 4.79 Å². The summed E-state index contributed by atoms with van der Waals surface area (Å²) >= 11 is 0. The maximum Gasteiger partial charge on any atom is 0.406 e. The van der Waals surface area contributed by atoms with E-state index < -0.39 is 8.24 Å². The number of amides is 1. The van der Waals surface area contributed by atoms with Gasteiger partial charge in [-0.2, -0.15) is 0 Å². The summed E-state index contributed by atoms with van der Waals surface area (Å²) < 4.78 is 12.3. The summed E-state index contributed by atoms with van der Waals surface area (Å²) in [5.41, 5.74) is 0.860. The van der Waals surface area contributed by atoms with Crippen LogP contribution in [-0.4, -0.2) is 28.0 Å². The van der Waals surface area contributed by atoms with Crippen molar-refractivity contribution in [2.45, 2.75) is 20.0 Å². The van der Waals surface area contributed by atoms with E-state index in [4.69, 9.17) is 9.47 Å². The Labute approximate surface area is 138 Å². The first-order chi connectivity index (χ1) is 11.0. The van der Waals surface area contributed by atoms with Crippen molar-refractivity contribution >= 4 is 25.2 Å². The highest BCUT2D eigenvalue weighted by Crippen LogP contribution is 2.23. The lowest BCUT2D eigenvalue weighted by Gasteiger charge is -2.36. The van der Waals surface area contributed by atoms with Crippen molar-refractivity contribution < 1.29 is 14.3 Å². The van der Waals surface area contributed by atoms with Crippen LogP contribution in [0.5, 0.6) is 5.75 Å². The molecule has 4 nitrogen and oxygen atoms in total. The van der Waals surface area contributed by atoms with E-state index in [1.54, 1.807) is 7.11 Å². The lowest BCUT2D eigenvalue weighted by atomic mass is 10.3. The summed E-state index contributed by atoms with van der Waals surface area (Å²) in [4.78, 5) is 12.6. The van der Waals surface area contributed by atoms with Crippen molar-refractivity contribution in [3.8, 4) is 5.75 Å². The molecule has 0 aliphatic rings. The topological polar surface area (TPSA) is 38.8 Å². The predicted octanol–water partition coefficient (Wildman–Crippen LogP) is 3.77. The number of para-hydroxylation sites is 1. The molecule has 2 aromatic rings. The second-order valence-corrected chi connectivity index (χ2v) is 9.80. The zero-order chi connectivity index (χ0) is 16.9. The second-order valence-electron chi connectivity index (χ2n) is 5.66. The van der Waals surface area contributed by atoms with Crippen molar-refractivity contribution in [1.82, 2.24) is 0 Å². The fraction of sp³-hybridized carbons (Fsp3) is 0.278. The molecule has 0 saturated heterocycles. The fourth-order valence-corrected chi connectivity index (χ4v) is 5.11. The summed E-state index contributed by atoms with van der Waals surface area (Å²) in [5.74, 6) is 0.806. The zero-order valence-electron chi connectivity index (χ0n) is 14.1. The minimum absolute atomic E-state index is 0.300. The van der Waals surface area contributed by atoms with Gasteiger partial charge in [-0.3, -0.25) is 0 Å². The zero-order valence-corrected chi connectivity index (χ0v) is 15.1. The summed E-state index contributed by atoms with van der Waals surface area (Å²) in [7, 11) is -0.637. The number of hydrogen-bond acceptors (Lipinski definition) is 3. The Morgan fingerprint density at radius 2 is 1.65 bits per heavy atom. The Bertz CT molecular complexity index is 641. The molecule has 0 atom stereocenters. The van der Waals surface area contributed by atoms with Crippen molar-refractivity contribution in [1.29, 1.82) is 0 Å². The molecule has 5 heteroatoms. The van der Waals surface area contributed by atoms with Gasteiger partial charge in [-0.25, -0.2) is 4.79 Å². The molecule has 0 aliphatic heterocycles. The molecular weight excluding hydrogens is 306 g/mol. The molecular formula is C18H23NO3Si. The Kier molecular flexibility index (Phi) is 5.44. The third kappa shape index (κ3) is 3.74. The number of carbonyl (C=O) groups is 1. The van der Waals surface area contributed by atoms with Crippen LogP contribution in [0.2, 0.25) is 13.1 Å². The molecule has 0 unspecified atom stereocenters. The molecule has 0 bridgehead atoms. The van der Waals surface area contributed by atoms with Gasteiger partial charge in [0.1, 0.15) is 5.75 Å². The van der Waals surface area contributed by atoms with Gasteiger partial charge in [0.15, 0.2) is 8.24 Å². The van der Waals surface area contributed by atoms with E-state index in [0.717, 1.165) is 16.6 Å². The summed E-state index contributed by atoms with van der Waals surface area (Å²) in [6, 6.07) is 17.6. The van der Waals surface area contributed by atoms with Crippen LogP contribution >= 0.6 is 0 Å². The number of anilines is 1. The molecule has 0 fully saturated rings. The molecule has 0 aromatic heterocycles. The average molecular weight is 329 g/mol. The smallest absolute Gasteiger partial charge is 0.406 e. The highest BCUT2D eigenvalue weighted by molar-refractivity contribution is 6.95. The highest BCUT2D eigenvalue weighted by atomic mass is 28.3. The first kappa shape index (κ1) is 17.1. The van der Waals surface area contributed by atoms with Gasteiger partial charge in [0, 0.05) is 5.69 Å². The van der Waals surface area contributed by atoms with Gasteiger partial charge in [-0.05, 0) is 49.5 Å². The van der Waals surface area contributed by atoms with Crippen LogP contribution in [-0.2, 0) is 4.74 Å². The van der Waals surface area contributed by atoms with E-state index in [1.165, 1.54) is 0 Å². The number of benzene rings is 2. The normalized spacial score (nSPS) is 11.0. The largest absolute Gasteiger partial charge is 0.497 e. The van der Waals surface area contributed by atoms with E-state index in [0.29, 0.717) is 6.61 Å². The second kappa shape index (κ2) is 7.33. The molecule has 1 amide bonds. The predicted molar refractivity (Wildman–Crippen MR) is 96.1 cm³/mol. The molecule has 0 spiro atoms. The van der Waals surface area contributed by atoms with Crippen LogP contribution in [0.3, 0.4) is 0 Å². The Morgan fingerprint density at radius 1 is 1.04 bits per heavy atom. The van der Waals surface area contributed by atoms with Crippen molar-refractivity contribution in [2.24, 2.45) is 0 Å². The molecule has 0 aliphatic carbocycles. The van der Waals surface area contributed by atoms with Gasteiger partial charge in [0.2, 0.25) is 0 Å². The number of ether oxygens (including phenoxy) is 2. The Hall–Kier alpha value is -2.27. The van der Waals surface area contributed by atoms with E-state index in [2.05, 4.69) is 13.1 Å². The third-order valence-electron chi connectivity index (χ3n) is 3.82. The van der Waals surface area contributed by atoms with E-state index in [-0.39, 0.29) is 6.09 Å². The molecule has 0 heterocycles. The van der Waals surface area contributed by atoms with Crippen LogP contribution in [0.15, 0.2) is 54.6 Å². The van der Waals surface area contributed by atoms with Crippen molar-refractivity contribution in [3.05, 3.63) is 54.6 Å². The van der Waals surface area contributed by atoms with Gasteiger partial charge in [0.05, 0.1) is 13.7 Å². The van der Waals surface area contributed by atoms with Crippen LogP contribution in [0.4, 0.5) is 10.5 Å². The fourth-order valence-electron chi connectivity index (χ4n) is 2.55. The van der Waals surface area contributed by atoms with Crippen LogP contribution in [0.25, 0.3) is 0 Å². The van der Waals surface area contributed by atoms with Crippen molar-refractivity contribution in [3.63, 3.8) is 0 Å². The van der Waals surface area contributed by atoms with E-state index >= 15 is 0 Å². The van der Waals surface area contributed by atoms with Crippen LogP contribution in [0, 0.1) is 0 Å². The Balaban J connectivity index is 2.45. The molecule has 0 saturated carbocycles. The monoisotopic (exact) mass is 329 g/mol. The maximum atomic E-state index is 12.6. The highest BCUT2D eigenvalue weighted by Gasteiger charge is 2.37. The van der Waals surface area contributed by atoms with Gasteiger partial charge in [-0.1, -0.05) is 30.3 Å². The number of carbonyl (C=O) groups excluding carboxylic acids is 1. The third-order valence-corrected chi connectivity index (χ3v) is 7.13. The minimum Gasteiger partial charge on any atom is -0.497 e. The number of methoxy groups -OCH3 is 1. The summed E-state index contributed by atoms with van der Waals surface area (Å²) in [6.07, 6.45) is -0.300. The van der Waals surface area contributed by atoms with E-state index in [1.807, 2.05) is 66.1 Å². The number of nitrogens with zero attached hydrogens (tertiary/aromatic N) is 1. The first-order valence-corrected chi connectivity index (χ1v) is 10.6. The molecule has 122 valence electrons. The minimum atomic E-state index is -2.28. The number of rotatable bonds is 5. The number of hydrogen-bond donors (Lipinski definition) is 0. The maximum absolute atomic E-state index is 12.6. The lowest BCUT2D eigenvalue weighted by molar-refractivity contribution is 0.163. The van der Waals surface area contributed by atoms with Crippen molar-refractivity contribution in [2.75, 3.05) is 18.3 Å².